The maximum atomic E-state index is 12.8. The Balaban J connectivity index is 1.66. The number of carbonyl (C=O) groups is 1. The van der Waals surface area contributed by atoms with E-state index in [1.165, 1.54) is 12.1 Å². The minimum absolute atomic E-state index is 0.0114. The van der Waals surface area contributed by atoms with Crippen LogP contribution in [0.15, 0.2) is 71.6 Å². The lowest BCUT2D eigenvalue weighted by Gasteiger charge is -2.35. The van der Waals surface area contributed by atoms with E-state index in [0.29, 0.717) is 44.1 Å². The minimum Gasteiger partial charge on any atom is -0.353 e. The van der Waals surface area contributed by atoms with Crippen LogP contribution < -0.4 is 9.62 Å². The first-order chi connectivity index (χ1) is 15.5. The molecule has 32 heavy (non-hydrogen) atoms. The van der Waals surface area contributed by atoms with Crippen LogP contribution in [-0.4, -0.2) is 55.4 Å². The Kier molecular flexibility index (Phi) is 6.36. The second-order valence-electron chi connectivity index (χ2n) is 7.44. The third-order valence-corrected chi connectivity index (χ3v) is 6.66. The van der Waals surface area contributed by atoms with Crippen LogP contribution in [0.3, 0.4) is 0 Å². The first kappa shape index (κ1) is 21.8. The molecule has 2 heterocycles. The van der Waals surface area contributed by atoms with E-state index in [1.807, 2.05) is 53.1 Å². The van der Waals surface area contributed by atoms with Crippen LogP contribution in [0, 0.1) is 0 Å². The molecule has 0 radical (unpaired) electrons. The zero-order valence-electron chi connectivity index (χ0n) is 17.8. The third-order valence-electron chi connectivity index (χ3n) is 5.32. The molecular formula is C23H25N5O3S. The van der Waals surface area contributed by atoms with E-state index in [4.69, 9.17) is 0 Å². The van der Waals surface area contributed by atoms with Gasteiger partial charge in [0, 0.05) is 44.2 Å². The van der Waals surface area contributed by atoms with Crippen LogP contribution in [0.1, 0.15) is 13.3 Å². The van der Waals surface area contributed by atoms with Crippen molar-refractivity contribution >= 4 is 27.7 Å². The van der Waals surface area contributed by atoms with E-state index >= 15 is 0 Å². The zero-order valence-corrected chi connectivity index (χ0v) is 18.6. The fourth-order valence-electron chi connectivity index (χ4n) is 3.59. The standard InChI is InChI=1S/C23H25N5O3S/c1-2-22(29)28-15-13-27(14-16-28)21-17-20(18-9-5-3-6-10-18)24-23(25-21)26-32(30,31)19-11-7-4-8-12-19/h3-12,17H,2,13-16H2,1H3,(H,24,25,26). The van der Waals surface area contributed by atoms with Crippen LogP contribution in [0.4, 0.5) is 11.8 Å². The van der Waals surface area contributed by atoms with Gasteiger partial charge in [-0.2, -0.15) is 4.98 Å². The van der Waals surface area contributed by atoms with Gasteiger partial charge < -0.3 is 9.80 Å². The molecule has 1 N–H and O–H groups in total. The largest absolute Gasteiger partial charge is 0.353 e. The van der Waals surface area contributed by atoms with E-state index in [1.54, 1.807) is 18.2 Å². The summed E-state index contributed by atoms with van der Waals surface area (Å²) in [6.45, 7) is 4.28. The van der Waals surface area contributed by atoms with Gasteiger partial charge in [-0.25, -0.2) is 18.1 Å². The zero-order chi connectivity index (χ0) is 22.6. The van der Waals surface area contributed by atoms with Gasteiger partial charge in [-0.05, 0) is 12.1 Å². The normalized spacial score (nSPS) is 14.3. The monoisotopic (exact) mass is 451 g/mol. The van der Waals surface area contributed by atoms with Gasteiger partial charge in [0.05, 0.1) is 10.6 Å². The summed E-state index contributed by atoms with van der Waals surface area (Å²) >= 11 is 0. The van der Waals surface area contributed by atoms with Gasteiger partial charge in [-0.15, -0.1) is 0 Å². The number of carbonyl (C=O) groups excluding carboxylic acids is 1. The molecule has 0 saturated carbocycles. The lowest BCUT2D eigenvalue weighted by Crippen LogP contribution is -2.48. The van der Waals surface area contributed by atoms with E-state index in [9.17, 15) is 13.2 Å². The number of benzene rings is 2. The minimum atomic E-state index is -3.83. The van der Waals surface area contributed by atoms with Crippen molar-refractivity contribution in [2.24, 2.45) is 0 Å². The number of nitrogens with zero attached hydrogens (tertiary/aromatic N) is 4. The molecule has 0 bridgehead atoms. The van der Waals surface area contributed by atoms with Gasteiger partial charge >= 0.3 is 0 Å². The molecule has 1 fully saturated rings. The number of hydrogen-bond acceptors (Lipinski definition) is 6. The molecule has 1 aliphatic rings. The van der Waals surface area contributed by atoms with Crippen molar-refractivity contribution < 1.29 is 13.2 Å². The highest BCUT2D eigenvalue weighted by Gasteiger charge is 2.23. The topological polar surface area (TPSA) is 95.5 Å². The molecule has 2 aromatic carbocycles. The highest BCUT2D eigenvalue weighted by molar-refractivity contribution is 7.92. The van der Waals surface area contributed by atoms with Gasteiger partial charge in [0.1, 0.15) is 5.82 Å². The molecular weight excluding hydrogens is 426 g/mol. The lowest BCUT2D eigenvalue weighted by atomic mass is 10.1. The average molecular weight is 452 g/mol. The molecule has 1 aliphatic heterocycles. The van der Waals surface area contributed by atoms with Crippen LogP contribution >= 0.6 is 0 Å². The maximum absolute atomic E-state index is 12.8. The summed E-state index contributed by atoms with van der Waals surface area (Å²) < 4.78 is 28.2. The first-order valence-corrected chi connectivity index (χ1v) is 12.0. The van der Waals surface area contributed by atoms with Crippen LogP contribution in [0.2, 0.25) is 0 Å². The second kappa shape index (κ2) is 9.35. The van der Waals surface area contributed by atoms with E-state index in [-0.39, 0.29) is 16.8 Å². The van der Waals surface area contributed by atoms with Gasteiger partial charge in [-0.3, -0.25) is 4.79 Å². The summed E-state index contributed by atoms with van der Waals surface area (Å²) in [5.41, 5.74) is 1.48. The quantitative estimate of drug-likeness (QED) is 0.619. The van der Waals surface area contributed by atoms with E-state index in [0.717, 1.165) is 5.56 Å². The van der Waals surface area contributed by atoms with Crippen molar-refractivity contribution in [1.29, 1.82) is 0 Å². The van der Waals surface area contributed by atoms with Gasteiger partial charge in [0.15, 0.2) is 0 Å². The summed E-state index contributed by atoms with van der Waals surface area (Å²) in [6.07, 6.45) is 0.483. The molecule has 166 valence electrons. The Morgan fingerprint density at radius 1 is 0.938 bits per heavy atom. The number of piperazine rings is 1. The third kappa shape index (κ3) is 4.88. The van der Waals surface area contributed by atoms with Gasteiger partial charge in [0.25, 0.3) is 10.0 Å². The summed E-state index contributed by atoms with van der Waals surface area (Å²) in [7, 11) is -3.83. The van der Waals surface area contributed by atoms with Crippen molar-refractivity contribution in [2.45, 2.75) is 18.2 Å². The molecule has 1 amide bonds. The predicted octanol–water partition coefficient (Wildman–Crippen LogP) is 3.00. The molecule has 3 aromatic rings. The highest BCUT2D eigenvalue weighted by atomic mass is 32.2. The smallest absolute Gasteiger partial charge is 0.264 e. The number of hydrogen-bond donors (Lipinski definition) is 1. The summed E-state index contributed by atoms with van der Waals surface area (Å²) in [5, 5.41) is 0. The van der Waals surface area contributed by atoms with Crippen molar-refractivity contribution in [2.75, 3.05) is 35.8 Å². The molecule has 1 aromatic heterocycles. The molecule has 1 saturated heterocycles. The number of aromatic nitrogens is 2. The van der Waals surface area contributed by atoms with Crippen molar-refractivity contribution in [3.05, 3.63) is 66.7 Å². The first-order valence-electron chi connectivity index (χ1n) is 10.5. The Bertz CT molecular complexity index is 1180. The van der Waals surface area contributed by atoms with Crippen molar-refractivity contribution in [3.8, 4) is 11.3 Å². The molecule has 0 unspecified atom stereocenters. The fourth-order valence-corrected chi connectivity index (χ4v) is 4.55. The Labute approximate surface area is 188 Å². The van der Waals surface area contributed by atoms with Gasteiger partial charge in [0.2, 0.25) is 11.9 Å². The second-order valence-corrected chi connectivity index (χ2v) is 9.12. The number of sulfonamides is 1. The SMILES string of the molecule is CCC(=O)N1CCN(c2cc(-c3ccccc3)nc(NS(=O)(=O)c3ccccc3)n2)CC1. The van der Waals surface area contributed by atoms with Gasteiger partial charge in [-0.1, -0.05) is 55.5 Å². The number of amides is 1. The van der Waals surface area contributed by atoms with Crippen molar-refractivity contribution in [1.82, 2.24) is 14.9 Å². The molecule has 4 rings (SSSR count). The molecule has 0 aliphatic carbocycles. The molecule has 0 spiro atoms. The molecule has 8 nitrogen and oxygen atoms in total. The van der Waals surface area contributed by atoms with Crippen molar-refractivity contribution in [3.63, 3.8) is 0 Å². The number of anilines is 2. The van der Waals surface area contributed by atoms with Crippen LogP contribution in [0.5, 0.6) is 0 Å². The van der Waals surface area contributed by atoms with E-state index < -0.39 is 10.0 Å². The number of nitrogens with one attached hydrogen (secondary N) is 1. The molecule has 9 heteroatoms. The summed E-state index contributed by atoms with van der Waals surface area (Å²) in [4.78, 5) is 25.0. The van der Waals surface area contributed by atoms with Crippen LogP contribution in [-0.2, 0) is 14.8 Å². The predicted molar refractivity (Wildman–Crippen MR) is 124 cm³/mol. The Morgan fingerprint density at radius 3 is 2.19 bits per heavy atom. The number of rotatable bonds is 6. The average Bonchev–Trinajstić information content (AvgIpc) is 2.84. The highest BCUT2D eigenvalue weighted by Crippen LogP contribution is 2.25. The lowest BCUT2D eigenvalue weighted by molar-refractivity contribution is -0.131. The maximum Gasteiger partial charge on any atom is 0.264 e. The fraction of sp³-hybridized carbons (Fsp3) is 0.261. The van der Waals surface area contributed by atoms with Crippen LogP contribution in [0.25, 0.3) is 11.3 Å². The van der Waals surface area contributed by atoms with E-state index in [2.05, 4.69) is 14.7 Å². The molecule has 0 atom stereocenters. The Morgan fingerprint density at radius 2 is 1.56 bits per heavy atom. The summed E-state index contributed by atoms with van der Waals surface area (Å²) in [6, 6.07) is 19.5. The Hall–Kier alpha value is -3.46. The summed E-state index contributed by atoms with van der Waals surface area (Å²) in [5.74, 6) is 0.763.